The van der Waals surface area contributed by atoms with E-state index < -0.39 is 11.2 Å². The third-order valence-electron chi connectivity index (χ3n) is 2.70. The van der Waals surface area contributed by atoms with E-state index in [9.17, 15) is 13.2 Å². The third kappa shape index (κ3) is 4.24. The van der Waals surface area contributed by atoms with Gasteiger partial charge in [-0.2, -0.15) is 13.2 Å². The van der Waals surface area contributed by atoms with Gasteiger partial charge in [0.2, 0.25) is 0 Å². The molecule has 21 heavy (non-hydrogen) atoms. The Morgan fingerprint density at radius 1 is 1.29 bits per heavy atom. The molecule has 0 aliphatic carbocycles. The Labute approximate surface area is 132 Å². The van der Waals surface area contributed by atoms with Crippen molar-refractivity contribution in [3.05, 3.63) is 44.6 Å². The van der Waals surface area contributed by atoms with Crippen molar-refractivity contribution in [3.8, 4) is 0 Å². The van der Waals surface area contributed by atoms with Crippen LogP contribution in [0.2, 0.25) is 0 Å². The van der Waals surface area contributed by atoms with Crippen LogP contribution in [0.25, 0.3) is 0 Å². The Balaban J connectivity index is 2.31. The smallest absolute Gasteiger partial charge is 0.304 e. The number of thiazole rings is 1. The largest absolute Gasteiger partial charge is 0.443 e. The summed E-state index contributed by atoms with van der Waals surface area (Å²) in [4.78, 5) is 8.25. The first kappa shape index (κ1) is 16.4. The third-order valence-corrected chi connectivity index (χ3v) is 4.27. The second-order valence-electron chi connectivity index (χ2n) is 4.35. The predicted octanol–water partition coefficient (Wildman–Crippen LogP) is 4.41. The van der Waals surface area contributed by atoms with Gasteiger partial charge in [0.05, 0.1) is 11.7 Å². The van der Waals surface area contributed by atoms with Gasteiger partial charge in [0.25, 0.3) is 0 Å². The van der Waals surface area contributed by atoms with Crippen LogP contribution in [0.4, 0.5) is 13.2 Å². The molecular weight excluding hydrogens is 367 g/mol. The summed E-state index contributed by atoms with van der Waals surface area (Å²) in [5.74, 6) is 0. The zero-order chi connectivity index (χ0) is 15.5. The molecule has 0 bridgehead atoms. The van der Waals surface area contributed by atoms with E-state index in [0.717, 1.165) is 10.9 Å². The van der Waals surface area contributed by atoms with Crippen molar-refractivity contribution >= 4 is 27.3 Å². The molecule has 1 N–H and O–H groups in total. The van der Waals surface area contributed by atoms with E-state index in [2.05, 4.69) is 31.2 Å². The van der Waals surface area contributed by atoms with E-state index in [4.69, 9.17) is 0 Å². The molecule has 0 saturated heterocycles. The first-order valence-corrected chi connectivity index (χ1v) is 7.90. The van der Waals surface area contributed by atoms with Crippen molar-refractivity contribution in [2.24, 2.45) is 0 Å². The summed E-state index contributed by atoms with van der Waals surface area (Å²) >= 11 is 3.94. The predicted molar refractivity (Wildman–Crippen MR) is 79.2 cm³/mol. The highest BCUT2D eigenvalue weighted by Crippen LogP contribution is 2.35. The fourth-order valence-electron chi connectivity index (χ4n) is 1.75. The molecule has 0 spiro atoms. The standard InChI is InChI=1S/C13H13BrF3N3S/c1-2-5-18-11(9-4-3-8(14)6-19-9)10-7-20-12(21-10)13(15,16)17/h3-4,6-7,11,18H,2,5H2,1H3. The van der Waals surface area contributed by atoms with Crippen LogP contribution in [-0.4, -0.2) is 16.5 Å². The van der Waals surface area contributed by atoms with Gasteiger partial charge in [0, 0.05) is 21.7 Å². The Morgan fingerprint density at radius 2 is 2.05 bits per heavy atom. The number of rotatable bonds is 5. The maximum absolute atomic E-state index is 12.7. The van der Waals surface area contributed by atoms with Gasteiger partial charge < -0.3 is 5.32 Å². The molecule has 0 aromatic carbocycles. The van der Waals surface area contributed by atoms with E-state index in [0.29, 0.717) is 28.5 Å². The quantitative estimate of drug-likeness (QED) is 0.835. The molecule has 1 unspecified atom stereocenters. The molecule has 8 heteroatoms. The number of hydrogen-bond acceptors (Lipinski definition) is 4. The molecular formula is C13H13BrF3N3S. The van der Waals surface area contributed by atoms with Crippen LogP contribution in [-0.2, 0) is 6.18 Å². The van der Waals surface area contributed by atoms with Gasteiger partial charge in [-0.1, -0.05) is 6.92 Å². The summed E-state index contributed by atoms with van der Waals surface area (Å²) in [5, 5.41) is 2.38. The van der Waals surface area contributed by atoms with Gasteiger partial charge in [-0.15, -0.1) is 11.3 Å². The minimum Gasteiger partial charge on any atom is -0.304 e. The van der Waals surface area contributed by atoms with E-state index in [-0.39, 0.29) is 6.04 Å². The average molecular weight is 380 g/mol. The lowest BCUT2D eigenvalue weighted by atomic mass is 10.1. The van der Waals surface area contributed by atoms with Crippen molar-refractivity contribution < 1.29 is 13.2 Å². The molecule has 0 fully saturated rings. The maximum atomic E-state index is 12.7. The summed E-state index contributed by atoms with van der Waals surface area (Å²) in [7, 11) is 0. The van der Waals surface area contributed by atoms with Crippen molar-refractivity contribution in [1.29, 1.82) is 0 Å². The number of nitrogens with one attached hydrogen (secondary N) is 1. The molecule has 3 nitrogen and oxygen atoms in total. The topological polar surface area (TPSA) is 37.8 Å². The number of aromatic nitrogens is 2. The summed E-state index contributed by atoms with van der Waals surface area (Å²) in [6.45, 7) is 2.68. The van der Waals surface area contributed by atoms with Crippen LogP contribution in [0.3, 0.4) is 0 Å². The minimum atomic E-state index is -4.41. The molecule has 1 atom stereocenters. The molecule has 0 aliphatic heterocycles. The number of nitrogens with zero attached hydrogens (tertiary/aromatic N) is 2. The highest BCUT2D eigenvalue weighted by molar-refractivity contribution is 9.10. The van der Waals surface area contributed by atoms with Crippen LogP contribution < -0.4 is 5.32 Å². The van der Waals surface area contributed by atoms with Crippen molar-refractivity contribution in [2.45, 2.75) is 25.6 Å². The maximum Gasteiger partial charge on any atom is 0.443 e. The SMILES string of the molecule is CCCNC(c1ccc(Br)cn1)c1cnc(C(F)(F)F)s1. The van der Waals surface area contributed by atoms with Gasteiger partial charge in [-0.3, -0.25) is 4.98 Å². The van der Waals surface area contributed by atoms with Crippen molar-refractivity contribution in [3.63, 3.8) is 0 Å². The van der Waals surface area contributed by atoms with Gasteiger partial charge in [-0.25, -0.2) is 4.98 Å². The van der Waals surface area contributed by atoms with Gasteiger partial charge in [-0.05, 0) is 41.0 Å². The Morgan fingerprint density at radius 3 is 2.57 bits per heavy atom. The second-order valence-corrected chi connectivity index (χ2v) is 6.33. The molecule has 0 radical (unpaired) electrons. The minimum absolute atomic E-state index is 0.383. The van der Waals surface area contributed by atoms with Crippen LogP contribution in [0.15, 0.2) is 29.0 Å². The number of halogens is 4. The normalized spacial score (nSPS) is 13.4. The lowest BCUT2D eigenvalue weighted by molar-refractivity contribution is -0.137. The van der Waals surface area contributed by atoms with E-state index >= 15 is 0 Å². The van der Waals surface area contributed by atoms with Crippen LogP contribution in [0, 0.1) is 0 Å². The fourth-order valence-corrected chi connectivity index (χ4v) is 2.85. The summed E-state index contributed by atoms with van der Waals surface area (Å²) in [6.07, 6.45) is -0.643. The summed E-state index contributed by atoms with van der Waals surface area (Å²) < 4.78 is 38.9. The summed E-state index contributed by atoms with van der Waals surface area (Å²) in [5.41, 5.74) is 0.670. The molecule has 0 amide bonds. The van der Waals surface area contributed by atoms with Crippen molar-refractivity contribution in [1.82, 2.24) is 15.3 Å². The first-order chi connectivity index (χ1) is 9.91. The van der Waals surface area contributed by atoms with Crippen LogP contribution >= 0.6 is 27.3 Å². The van der Waals surface area contributed by atoms with Crippen LogP contribution in [0.5, 0.6) is 0 Å². The molecule has 114 valence electrons. The highest BCUT2D eigenvalue weighted by Gasteiger charge is 2.35. The number of pyridine rings is 1. The van der Waals surface area contributed by atoms with E-state index in [1.807, 2.05) is 13.0 Å². The van der Waals surface area contributed by atoms with E-state index in [1.54, 1.807) is 12.3 Å². The summed E-state index contributed by atoms with van der Waals surface area (Å²) in [6, 6.07) is 3.21. The lowest BCUT2D eigenvalue weighted by Crippen LogP contribution is -2.23. The second kappa shape index (κ2) is 6.85. The monoisotopic (exact) mass is 379 g/mol. The van der Waals surface area contributed by atoms with Crippen molar-refractivity contribution in [2.75, 3.05) is 6.54 Å². The molecule has 0 saturated carbocycles. The van der Waals surface area contributed by atoms with E-state index in [1.165, 1.54) is 6.20 Å². The highest BCUT2D eigenvalue weighted by atomic mass is 79.9. The average Bonchev–Trinajstić information content (AvgIpc) is 2.91. The zero-order valence-electron chi connectivity index (χ0n) is 11.1. The molecule has 2 aromatic heterocycles. The molecule has 2 heterocycles. The molecule has 2 aromatic rings. The lowest BCUT2D eigenvalue weighted by Gasteiger charge is -2.16. The van der Waals surface area contributed by atoms with Crippen LogP contribution in [0.1, 0.15) is 35.0 Å². The molecule has 2 rings (SSSR count). The number of hydrogen-bond donors (Lipinski definition) is 1. The number of alkyl halides is 3. The van der Waals surface area contributed by atoms with Gasteiger partial charge in [0.1, 0.15) is 0 Å². The zero-order valence-corrected chi connectivity index (χ0v) is 13.5. The van der Waals surface area contributed by atoms with Gasteiger partial charge >= 0.3 is 6.18 Å². The van der Waals surface area contributed by atoms with Gasteiger partial charge in [0.15, 0.2) is 5.01 Å². The Kier molecular flexibility index (Phi) is 5.34. The fraction of sp³-hybridized carbons (Fsp3) is 0.385. The first-order valence-electron chi connectivity index (χ1n) is 6.29. The Hall–Kier alpha value is -0.990. The Bertz CT molecular complexity index is 583. The molecule has 0 aliphatic rings.